The van der Waals surface area contributed by atoms with Gasteiger partial charge in [-0.1, -0.05) is 30.3 Å². The zero-order valence-electron chi connectivity index (χ0n) is 15.9. The van der Waals surface area contributed by atoms with Crippen molar-refractivity contribution in [1.82, 2.24) is 9.80 Å². The van der Waals surface area contributed by atoms with Gasteiger partial charge in [-0.2, -0.15) is 0 Å². The van der Waals surface area contributed by atoms with Crippen LogP contribution in [0.2, 0.25) is 0 Å². The maximum atomic E-state index is 13.0. The molecule has 0 radical (unpaired) electrons. The van der Waals surface area contributed by atoms with E-state index in [0.717, 1.165) is 31.2 Å². The molecule has 2 amide bonds. The summed E-state index contributed by atoms with van der Waals surface area (Å²) in [7, 11) is 0. The summed E-state index contributed by atoms with van der Waals surface area (Å²) in [5.74, 6) is -0.538. The van der Waals surface area contributed by atoms with Gasteiger partial charge in [0.25, 0.3) is 0 Å². The summed E-state index contributed by atoms with van der Waals surface area (Å²) in [6.07, 6.45) is 3.81. The fourth-order valence-electron chi connectivity index (χ4n) is 3.64. The minimum Gasteiger partial charge on any atom is -0.465 e. The summed E-state index contributed by atoms with van der Waals surface area (Å²) in [5, 5.41) is 0. The Morgan fingerprint density at radius 2 is 1.89 bits per heavy atom. The highest BCUT2D eigenvalue weighted by Gasteiger charge is 2.39. The molecule has 6 heteroatoms. The molecule has 0 aromatic heterocycles. The zero-order valence-corrected chi connectivity index (χ0v) is 15.9. The molecular formula is C21H28N2O4. The van der Waals surface area contributed by atoms with Gasteiger partial charge in [0.2, 0.25) is 11.8 Å². The Hall–Kier alpha value is -2.37. The first-order valence-corrected chi connectivity index (χ1v) is 9.86. The van der Waals surface area contributed by atoms with Gasteiger partial charge >= 0.3 is 5.97 Å². The molecule has 0 bridgehead atoms. The minimum atomic E-state index is -0.356. The first-order valence-electron chi connectivity index (χ1n) is 9.86. The van der Waals surface area contributed by atoms with E-state index in [0.29, 0.717) is 26.1 Å². The monoisotopic (exact) mass is 372 g/mol. The van der Waals surface area contributed by atoms with Gasteiger partial charge in [0.15, 0.2) is 0 Å². The van der Waals surface area contributed by atoms with Crippen LogP contribution < -0.4 is 0 Å². The molecule has 146 valence electrons. The molecule has 1 saturated heterocycles. The van der Waals surface area contributed by atoms with Crippen molar-refractivity contribution in [2.24, 2.45) is 5.92 Å². The molecule has 6 nitrogen and oxygen atoms in total. The third-order valence-electron chi connectivity index (χ3n) is 5.20. The summed E-state index contributed by atoms with van der Waals surface area (Å²) in [6, 6.07) is 9.82. The second-order valence-corrected chi connectivity index (χ2v) is 7.34. The maximum Gasteiger partial charge on any atom is 0.325 e. The largest absolute Gasteiger partial charge is 0.465 e. The van der Waals surface area contributed by atoms with Crippen LogP contribution in [0.1, 0.15) is 38.2 Å². The van der Waals surface area contributed by atoms with E-state index < -0.39 is 0 Å². The Labute approximate surface area is 160 Å². The van der Waals surface area contributed by atoms with Crippen LogP contribution in [0.5, 0.6) is 0 Å². The Bertz CT molecular complexity index is 672. The maximum absolute atomic E-state index is 13.0. The molecule has 1 aromatic rings. The lowest BCUT2D eigenvalue weighted by Gasteiger charge is -2.35. The van der Waals surface area contributed by atoms with Crippen molar-refractivity contribution in [3.05, 3.63) is 35.9 Å². The molecule has 1 atom stereocenters. The Kier molecular flexibility index (Phi) is 6.48. The zero-order chi connectivity index (χ0) is 19.2. The number of esters is 1. The van der Waals surface area contributed by atoms with Crippen LogP contribution in [0, 0.1) is 5.92 Å². The van der Waals surface area contributed by atoms with Crippen LogP contribution in [0.25, 0.3) is 0 Å². The van der Waals surface area contributed by atoms with Crippen LogP contribution in [-0.4, -0.2) is 59.9 Å². The second-order valence-electron chi connectivity index (χ2n) is 7.34. The minimum absolute atomic E-state index is 0.0113. The van der Waals surface area contributed by atoms with Crippen molar-refractivity contribution in [2.75, 3.05) is 26.2 Å². The number of hydrogen-bond donors (Lipinski definition) is 0. The highest BCUT2D eigenvalue weighted by atomic mass is 16.5. The van der Waals surface area contributed by atoms with Crippen molar-refractivity contribution < 1.29 is 19.1 Å². The molecule has 0 unspecified atom stereocenters. The fraction of sp³-hybridized carbons (Fsp3) is 0.571. The number of nitrogens with zero attached hydrogens (tertiary/aromatic N) is 2. The molecular weight excluding hydrogens is 344 g/mol. The number of piperidine rings is 1. The summed E-state index contributed by atoms with van der Waals surface area (Å²) in [4.78, 5) is 41.0. The molecule has 1 aliphatic heterocycles. The standard InChI is InChI=1S/C21H28N2O4/c1-2-27-20(25)15-23(18-10-11-18)21(26)17-9-6-12-22(14-17)19(24)13-16-7-4-3-5-8-16/h3-5,7-8,17-18H,2,6,9-15H2,1H3/t17-/m1/s1. The third-order valence-corrected chi connectivity index (χ3v) is 5.20. The first-order chi connectivity index (χ1) is 13.1. The van der Waals surface area contributed by atoms with Crippen molar-refractivity contribution in [3.8, 4) is 0 Å². The predicted molar refractivity (Wildman–Crippen MR) is 101 cm³/mol. The Morgan fingerprint density at radius 1 is 1.15 bits per heavy atom. The van der Waals surface area contributed by atoms with Gasteiger partial charge in [-0.15, -0.1) is 0 Å². The van der Waals surface area contributed by atoms with E-state index in [-0.39, 0.29) is 36.3 Å². The highest BCUT2D eigenvalue weighted by Crippen LogP contribution is 2.30. The highest BCUT2D eigenvalue weighted by molar-refractivity contribution is 5.85. The topological polar surface area (TPSA) is 66.9 Å². The van der Waals surface area contributed by atoms with Crippen molar-refractivity contribution in [3.63, 3.8) is 0 Å². The number of rotatable bonds is 7. The second kappa shape index (κ2) is 9.02. The van der Waals surface area contributed by atoms with Crippen LogP contribution in [-0.2, 0) is 25.5 Å². The van der Waals surface area contributed by atoms with Gasteiger partial charge in [-0.3, -0.25) is 14.4 Å². The van der Waals surface area contributed by atoms with E-state index in [2.05, 4.69) is 0 Å². The van der Waals surface area contributed by atoms with Crippen LogP contribution in [0.4, 0.5) is 0 Å². The smallest absolute Gasteiger partial charge is 0.325 e. The number of carbonyl (C=O) groups is 3. The molecule has 0 N–H and O–H groups in total. The lowest BCUT2D eigenvalue weighted by molar-refractivity contribution is -0.152. The van der Waals surface area contributed by atoms with Gasteiger partial charge in [0.05, 0.1) is 18.9 Å². The van der Waals surface area contributed by atoms with E-state index in [1.54, 1.807) is 16.7 Å². The van der Waals surface area contributed by atoms with E-state index in [1.165, 1.54) is 0 Å². The molecule has 1 saturated carbocycles. The average molecular weight is 372 g/mol. The predicted octanol–water partition coefficient (Wildman–Crippen LogP) is 2.02. The quantitative estimate of drug-likeness (QED) is 0.687. The molecule has 2 fully saturated rings. The molecule has 3 rings (SSSR count). The first kappa shape index (κ1) is 19.4. The van der Waals surface area contributed by atoms with E-state index in [4.69, 9.17) is 4.74 Å². The summed E-state index contributed by atoms with van der Waals surface area (Å²) < 4.78 is 5.02. The van der Waals surface area contributed by atoms with Gasteiger partial charge in [-0.25, -0.2) is 0 Å². The van der Waals surface area contributed by atoms with Gasteiger partial charge in [0, 0.05) is 19.1 Å². The molecule has 2 aliphatic rings. The molecule has 1 aromatic carbocycles. The molecule has 0 spiro atoms. The molecule has 1 heterocycles. The average Bonchev–Trinajstić information content (AvgIpc) is 3.52. The lowest BCUT2D eigenvalue weighted by atomic mass is 9.95. The summed E-state index contributed by atoms with van der Waals surface area (Å²) >= 11 is 0. The van der Waals surface area contributed by atoms with Gasteiger partial charge < -0.3 is 14.5 Å². The van der Waals surface area contributed by atoms with E-state index in [9.17, 15) is 14.4 Å². The van der Waals surface area contributed by atoms with Crippen LogP contribution in [0.15, 0.2) is 30.3 Å². The van der Waals surface area contributed by atoms with Crippen molar-refractivity contribution >= 4 is 17.8 Å². The van der Waals surface area contributed by atoms with E-state index >= 15 is 0 Å². The summed E-state index contributed by atoms with van der Waals surface area (Å²) in [5.41, 5.74) is 0.984. The number of likely N-dealkylation sites (tertiary alicyclic amines) is 1. The molecule has 27 heavy (non-hydrogen) atoms. The number of ether oxygens (including phenoxy) is 1. The number of hydrogen-bond acceptors (Lipinski definition) is 4. The lowest BCUT2D eigenvalue weighted by Crippen LogP contribution is -2.49. The van der Waals surface area contributed by atoms with Gasteiger partial charge in [0.1, 0.15) is 6.54 Å². The SMILES string of the molecule is CCOC(=O)CN(C(=O)[C@@H]1CCCN(C(=O)Cc2ccccc2)C1)C1CC1. The van der Waals surface area contributed by atoms with Crippen LogP contribution in [0.3, 0.4) is 0 Å². The van der Waals surface area contributed by atoms with Crippen molar-refractivity contribution in [2.45, 2.75) is 45.1 Å². The summed E-state index contributed by atoms with van der Waals surface area (Å²) in [6.45, 7) is 3.23. The number of carbonyl (C=O) groups excluding carboxylic acids is 3. The Balaban J connectivity index is 1.59. The van der Waals surface area contributed by atoms with Crippen LogP contribution >= 0.6 is 0 Å². The van der Waals surface area contributed by atoms with Gasteiger partial charge in [-0.05, 0) is 38.2 Å². The molecule has 1 aliphatic carbocycles. The Morgan fingerprint density at radius 3 is 2.56 bits per heavy atom. The number of benzene rings is 1. The number of amides is 2. The van der Waals surface area contributed by atoms with E-state index in [1.807, 2.05) is 30.3 Å². The third kappa shape index (κ3) is 5.31. The van der Waals surface area contributed by atoms with Crippen molar-refractivity contribution in [1.29, 1.82) is 0 Å². The fourth-order valence-corrected chi connectivity index (χ4v) is 3.64. The normalized spacial score (nSPS) is 19.4.